The topological polar surface area (TPSA) is 24.1 Å². The van der Waals surface area contributed by atoms with Gasteiger partial charge in [0.25, 0.3) is 0 Å². The van der Waals surface area contributed by atoms with Crippen molar-refractivity contribution in [3.05, 3.63) is 0 Å². The lowest BCUT2D eigenvalue weighted by molar-refractivity contribution is -0.135. The zero-order chi connectivity index (χ0) is 11.0. The molecule has 0 aliphatic carbocycles. The SMILES string of the molecule is CNCC(C)CNCCCC(F)(F)F. The Morgan fingerprint density at radius 3 is 2.36 bits per heavy atom. The molecule has 0 saturated carbocycles. The van der Waals surface area contributed by atoms with E-state index < -0.39 is 12.6 Å². The molecule has 0 amide bonds. The van der Waals surface area contributed by atoms with Gasteiger partial charge in [0.2, 0.25) is 0 Å². The number of alkyl halides is 3. The Bertz CT molecular complexity index is 137. The first-order valence-corrected chi connectivity index (χ1v) is 4.88. The number of hydrogen-bond acceptors (Lipinski definition) is 2. The molecule has 1 unspecified atom stereocenters. The smallest absolute Gasteiger partial charge is 0.319 e. The standard InChI is InChI=1S/C9H19F3N2/c1-8(6-13-2)7-14-5-3-4-9(10,11)12/h8,13-14H,3-7H2,1-2H3. The molecular weight excluding hydrogens is 193 g/mol. The van der Waals surface area contributed by atoms with Crippen LogP contribution in [-0.4, -0.2) is 32.9 Å². The molecule has 5 heteroatoms. The Balaban J connectivity index is 3.21. The van der Waals surface area contributed by atoms with Crippen LogP contribution in [0.5, 0.6) is 0 Å². The predicted octanol–water partition coefficient (Wildman–Crippen LogP) is 1.77. The molecule has 1 atom stereocenters. The van der Waals surface area contributed by atoms with Crippen LogP contribution in [0.25, 0.3) is 0 Å². The molecule has 0 aliphatic rings. The second-order valence-corrected chi connectivity index (χ2v) is 3.59. The molecule has 0 spiro atoms. The van der Waals surface area contributed by atoms with Crippen molar-refractivity contribution >= 4 is 0 Å². The predicted molar refractivity (Wildman–Crippen MR) is 51.2 cm³/mol. The molecule has 0 aromatic heterocycles. The summed E-state index contributed by atoms with van der Waals surface area (Å²) in [6.07, 6.45) is -4.55. The van der Waals surface area contributed by atoms with E-state index in [0.717, 1.165) is 13.1 Å². The maximum Gasteiger partial charge on any atom is 0.389 e. The average molecular weight is 212 g/mol. The van der Waals surface area contributed by atoms with Gasteiger partial charge in [-0.05, 0) is 39.0 Å². The summed E-state index contributed by atoms with van der Waals surface area (Å²) < 4.78 is 35.2. The summed E-state index contributed by atoms with van der Waals surface area (Å²) in [4.78, 5) is 0. The molecule has 0 aromatic rings. The highest BCUT2D eigenvalue weighted by atomic mass is 19.4. The van der Waals surface area contributed by atoms with Gasteiger partial charge in [-0.2, -0.15) is 13.2 Å². The Morgan fingerprint density at radius 1 is 1.21 bits per heavy atom. The van der Waals surface area contributed by atoms with Crippen LogP contribution in [0.1, 0.15) is 19.8 Å². The minimum Gasteiger partial charge on any atom is -0.319 e. The van der Waals surface area contributed by atoms with Crippen LogP contribution in [0.2, 0.25) is 0 Å². The van der Waals surface area contributed by atoms with Crippen molar-refractivity contribution < 1.29 is 13.2 Å². The summed E-state index contributed by atoms with van der Waals surface area (Å²) >= 11 is 0. The summed E-state index contributed by atoms with van der Waals surface area (Å²) in [6, 6.07) is 0. The largest absolute Gasteiger partial charge is 0.389 e. The number of rotatable bonds is 7. The zero-order valence-corrected chi connectivity index (χ0v) is 8.75. The van der Waals surface area contributed by atoms with Gasteiger partial charge >= 0.3 is 6.18 Å². The van der Waals surface area contributed by atoms with Crippen molar-refractivity contribution in [1.29, 1.82) is 0 Å². The first kappa shape index (κ1) is 13.7. The molecule has 0 heterocycles. The van der Waals surface area contributed by atoms with Crippen LogP contribution in [0.4, 0.5) is 13.2 Å². The Morgan fingerprint density at radius 2 is 1.86 bits per heavy atom. The van der Waals surface area contributed by atoms with E-state index in [4.69, 9.17) is 0 Å². The van der Waals surface area contributed by atoms with E-state index >= 15 is 0 Å². The van der Waals surface area contributed by atoms with Gasteiger partial charge in [-0.25, -0.2) is 0 Å². The van der Waals surface area contributed by atoms with E-state index in [1.54, 1.807) is 0 Å². The third-order valence-electron chi connectivity index (χ3n) is 1.86. The van der Waals surface area contributed by atoms with E-state index in [2.05, 4.69) is 10.6 Å². The number of halogens is 3. The summed E-state index contributed by atoms with van der Waals surface area (Å²) in [5.74, 6) is 0.450. The summed E-state index contributed by atoms with van der Waals surface area (Å²) in [5.41, 5.74) is 0. The van der Waals surface area contributed by atoms with Gasteiger partial charge in [0.1, 0.15) is 0 Å². The average Bonchev–Trinajstić information content (AvgIpc) is 2.02. The molecule has 2 N–H and O–H groups in total. The van der Waals surface area contributed by atoms with Gasteiger partial charge in [0.15, 0.2) is 0 Å². The fourth-order valence-corrected chi connectivity index (χ4v) is 1.18. The van der Waals surface area contributed by atoms with Crippen molar-refractivity contribution in [2.45, 2.75) is 25.9 Å². The van der Waals surface area contributed by atoms with Gasteiger partial charge in [0.05, 0.1) is 0 Å². The summed E-state index contributed by atoms with van der Waals surface area (Å²) in [5, 5.41) is 6.02. The lowest BCUT2D eigenvalue weighted by Gasteiger charge is -2.12. The van der Waals surface area contributed by atoms with Gasteiger partial charge in [-0.1, -0.05) is 6.92 Å². The van der Waals surface area contributed by atoms with Crippen molar-refractivity contribution in [1.82, 2.24) is 10.6 Å². The molecule has 0 rings (SSSR count). The second kappa shape index (κ2) is 7.06. The molecule has 0 fully saturated rings. The normalized spacial score (nSPS) is 14.4. The van der Waals surface area contributed by atoms with Crippen molar-refractivity contribution in [2.75, 3.05) is 26.7 Å². The molecule has 0 saturated heterocycles. The number of hydrogen-bond donors (Lipinski definition) is 2. The third-order valence-corrected chi connectivity index (χ3v) is 1.86. The van der Waals surface area contributed by atoms with Crippen molar-refractivity contribution in [2.24, 2.45) is 5.92 Å². The fourth-order valence-electron chi connectivity index (χ4n) is 1.18. The minimum atomic E-state index is -4.02. The highest BCUT2D eigenvalue weighted by molar-refractivity contribution is 4.59. The summed E-state index contributed by atoms with van der Waals surface area (Å²) in [6.45, 7) is 4.13. The lowest BCUT2D eigenvalue weighted by Crippen LogP contribution is -2.28. The van der Waals surface area contributed by atoms with Gasteiger partial charge in [0, 0.05) is 6.42 Å². The Kier molecular flexibility index (Phi) is 6.92. The zero-order valence-electron chi connectivity index (χ0n) is 8.75. The van der Waals surface area contributed by atoms with Crippen LogP contribution in [0, 0.1) is 5.92 Å². The molecule has 0 bridgehead atoms. The monoisotopic (exact) mass is 212 g/mol. The maximum absolute atomic E-state index is 11.7. The molecule has 2 nitrogen and oxygen atoms in total. The maximum atomic E-state index is 11.7. The van der Waals surface area contributed by atoms with Crippen LogP contribution in [-0.2, 0) is 0 Å². The third kappa shape index (κ3) is 9.80. The second-order valence-electron chi connectivity index (χ2n) is 3.59. The van der Waals surface area contributed by atoms with Gasteiger partial charge < -0.3 is 10.6 Å². The highest BCUT2D eigenvalue weighted by Gasteiger charge is 2.25. The lowest BCUT2D eigenvalue weighted by atomic mass is 10.2. The molecule has 0 radical (unpaired) electrons. The molecular formula is C9H19F3N2. The molecule has 0 aliphatic heterocycles. The van der Waals surface area contributed by atoms with E-state index in [1.165, 1.54) is 0 Å². The Labute approximate surface area is 83.3 Å². The van der Waals surface area contributed by atoms with Crippen LogP contribution < -0.4 is 10.6 Å². The highest BCUT2D eigenvalue weighted by Crippen LogP contribution is 2.20. The Hall–Kier alpha value is -0.290. The molecule has 86 valence electrons. The van der Waals surface area contributed by atoms with E-state index in [9.17, 15) is 13.2 Å². The van der Waals surface area contributed by atoms with Gasteiger partial charge in [-0.15, -0.1) is 0 Å². The van der Waals surface area contributed by atoms with Crippen LogP contribution in [0.15, 0.2) is 0 Å². The minimum absolute atomic E-state index is 0.162. The fraction of sp³-hybridized carbons (Fsp3) is 1.00. The van der Waals surface area contributed by atoms with E-state index in [1.807, 2.05) is 14.0 Å². The first-order chi connectivity index (χ1) is 6.45. The van der Waals surface area contributed by atoms with Crippen LogP contribution in [0.3, 0.4) is 0 Å². The quantitative estimate of drug-likeness (QED) is 0.628. The molecule has 14 heavy (non-hydrogen) atoms. The van der Waals surface area contributed by atoms with Crippen molar-refractivity contribution in [3.63, 3.8) is 0 Å². The van der Waals surface area contributed by atoms with E-state index in [0.29, 0.717) is 12.5 Å². The summed E-state index contributed by atoms with van der Waals surface area (Å²) in [7, 11) is 1.86. The first-order valence-electron chi connectivity index (χ1n) is 4.88. The van der Waals surface area contributed by atoms with Gasteiger partial charge in [-0.3, -0.25) is 0 Å². The number of nitrogens with one attached hydrogen (secondary N) is 2. The van der Waals surface area contributed by atoms with E-state index in [-0.39, 0.29) is 6.42 Å². The van der Waals surface area contributed by atoms with Crippen molar-refractivity contribution in [3.8, 4) is 0 Å². The van der Waals surface area contributed by atoms with Crippen LogP contribution >= 0.6 is 0 Å². The molecule has 0 aromatic carbocycles.